The van der Waals surface area contributed by atoms with Gasteiger partial charge in [-0.2, -0.15) is 0 Å². The normalized spacial score (nSPS) is 14.0. The van der Waals surface area contributed by atoms with Gasteiger partial charge in [-0.05, 0) is 55.4 Å². The molecule has 43 heavy (non-hydrogen) atoms. The third kappa shape index (κ3) is 22.6. The molecule has 15 nitrogen and oxygen atoms in total. The van der Waals surface area contributed by atoms with Crippen LogP contribution < -0.4 is 0 Å². The van der Waals surface area contributed by atoms with E-state index < -0.39 is 59.9 Å². The van der Waals surface area contributed by atoms with Crippen LogP contribution in [0.3, 0.4) is 0 Å². The van der Waals surface area contributed by atoms with E-state index in [0.29, 0.717) is 0 Å². The summed E-state index contributed by atoms with van der Waals surface area (Å²) in [6, 6.07) is 0. The fraction of sp³-hybridized carbons (Fsp3) is 0.846. The third-order valence-electron chi connectivity index (χ3n) is 4.80. The Hall–Kier alpha value is -0.512. The van der Waals surface area contributed by atoms with Crippen molar-refractivity contribution in [2.45, 2.75) is 91.0 Å². The van der Waals surface area contributed by atoms with Gasteiger partial charge in [0, 0.05) is 65.4 Å². The largest absolute Gasteiger partial charge is 0.508 e. The number of carbonyl (C=O) groups excluding carboxylic acids is 4. The number of hydrogen-bond acceptors (Lipinski definition) is 15. The van der Waals surface area contributed by atoms with Gasteiger partial charge in [0.1, 0.15) is 38.6 Å². The molecule has 2 N–H and O–H groups in total. The third-order valence-corrected chi connectivity index (χ3v) is 4.80. The first kappa shape index (κ1) is 46.9. The predicted molar refractivity (Wildman–Crippen MR) is 140 cm³/mol. The van der Waals surface area contributed by atoms with Gasteiger partial charge >= 0.3 is 24.2 Å². The molecule has 0 aliphatic carbocycles. The van der Waals surface area contributed by atoms with Crippen LogP contribution in [-0.4, -0.2) is 123 Å². The minimum Gasteiger partial charge on any atom is -0.461 e. The number of aliphatic hydroxyl groups is 2. The second-order valence-corrected chi connectivity index (χ2v) is 10.1. The first-order valence-electron chi connectivity index (χ1n) is 13.2. The van der Waals surface area contributed by atoms with Crippen LogP contribution in [-0.2, 0) is 118 Å². The Morgan fingerprint density at radius 1 is 0.558 bits per heavy atom. The smallest absolute Gasteiger partial charge is 0.461 e. The summed E-state index contributed by atoms with van der Waals surface area (Å²) in [5.41, 5.74) is -2.62. The van der Waals surface area contributed by atoms with Crippen LogP contribution in [0, 0.1) is 0 Å². The second-order valence-electron chi connectivity index (χ2n) is 10.1. The van der Waals surface area contributed by atoms with Crippen molar-refractivity contribution in [2.75, 3.05) is 52.9 Å². The van der Waals surface area contributed by atoms with Gasteiger partial charge in [-0.3, -0.25) is 0 Å². The van der Waals surface area contributed by atoms with Gasteiger partial charge in [0.15, 0.2) is 11.2 Å². The zero-order chi connectivity index (χ0) is 31.6. The average molecular weight is 776 g/mol. The number of hydrogen-bond donors (Lipinski definition) is 2. The number of carbonyl (C=O) groups is 4. The van der Waals surface area contributed by atoms with Crippen molar-refractivity contribution in [1.29, 1.82) is 0 Å². The molecule has 0 saturated carbocycles. The Kier molecular flexibility index (Phi) is 26.9. The van der Waals surface area contributed by atoms with Crippen molar-refractivity contribution in [3.05, 3.63) is 0 Å². The molecule has 0 saturated heterocycles. The van der Waals surface area contributed by atoms with Crippen molar-refractivity contribution in [1.82, 2.24) is 0 Å². The summed E-state index contributed by atoms with van der Waals surface area (Å²) in [5, 5.41) is 17.5. The number of rotatable bonds is 20. The zero-order valence-corrected chi connectivity index (χ0v) is 32.0. The summed E-state index contributed by atoms with van der Waals surface area (Å²) in [6.45, 7) is 11.0. The van der Waals surface area contributed by atoms with E-state index >= 15 is 0 Å². The van der Waals surface area contributed by atoms with Crippen LogP contribution in [0.25, 0.3) is 0 Å². The molecule has 4 atom stereocenters. The molecule has 4 unspecified atom stereocenters. The van der Waals surface area contributed by atoms with Crippen LogP contribution in [0.4, 0.5) is 9.59 Å². The van der Waals surface area contributed by atoms with E-state index in [1.54, 1.807) is 27.7 Å². The molecule has 0 amide bonds. The average Bonchev–Trinajstić information content (AvgIpc) is 2.87. The minimum atomic E-state index is -1.31. The molecule has 0 rings (SSSR count). The molecule has 17 heteroatoms. The molecular weight excluding hydrogens is 730 g/mol. The van der Waals surface area contributed by atoms with E-state index in [4.69, 9.17) is 52.8 Å². The summed E-state index contributed by atoms with van der Waals surface area (Å²) in [6.07, 6.45) is -4.62. The van der Waals surface area contributed by atoms with E-state index in [1.165, 1.54) is 27.7 Å². The predicted octanol–water partition coefficient (Wildman–Crippen LogP) is 1.52. The van der Waals surface area contributed by atoms with Gasteiger partial charge in [-0.15, -0.1) is 0 Å². The van der Waals surface area contributed by atoms with E-state index in [0.717, 1.165) is 0 Å². The fourth-order valence-corrected chi connectivity index (χ4v) is 3.03. The van der Waals surface area contributed by atoms with Crippen LogP contribution >= 0.6 is 0 Å². The Bertz CT molecular complexity index is 745. The van der Waals surface area contributed by atoms with Crippen LogP contribution in [0.15, 0.2) is 0 Å². The summed E-state index contributed by atoms with van der Waals surface area (Å²) >= 11 is 0. The van der Waals surface area contributed by atoms with Crippen molar-refractivity contribution in [3.63, 3.8) is 0 Å². The molecule has 0 aromatic carbocycles. The van der Waals surface area contributed by atoms with Gasteiger partial charge < -0.3 is 52.8 Å². The molecule has 0 bridgehead atoms. The number of esters is 2. The summed E-state index contributed by atoms with van der Waals surface area (Å²) in [7, 11) is 0. The zero-order valence-electron chi connectivity index (χ0n) is 26.3. The summed E-state index contributed by atoms with van der Waals surface area (Å²) in [4.78, 5) is 47.7. The Balaban J connectivity index is -0.00000800. The van der Waals surface area contributed by atoms with Crippen molar-refractivity contribution < 1.29 is 137 Å². The maximum Gasteiger partial charge on any atom is 0.508 e. The van der Waals surface area contributed by atoms with Gasteiger partial charge in [0.25, 0.3) is 0 Å². The van der Waals surface area contributed by atoms with Crippen molar-refractivity contribution >= 4 is 24.2 Å². The Morgan fingerprint density at radius 3 is 1.19 bits per heavy atom. The van der Waals surface area contributed by atoms with Gasteiger partial charge in [0.2, 0.25) is 0 Å². The molecular formula is C26H46O15Y2. The Labute approximate surface area is 303 Å². The SMILES string of the molecule is CC(COCC(C)OC(=O)OCC(C)OC(C)(C)C(=O)OCCO)OC(=O)OCC(C)OC(C)(C)C(=O)OCCO.[Y].[Y]. The molecule has 246 valence electrons. The number of aliphatic hydroxyl groups excluding tert-OH is 2. The van der Waals surface area contributed by atoms with Gasteiger partial charge in [0.05, 0.1) is 38.6 Å². The van der Waals surface area contributed by atoms with E-state index in [-0.39, 0.29) is 118 Å². The molecule has 0 aromatic rings. The van der Waals surface area contributed by atoms with Crippen molar-refractivity contribution in [3.8, 4) is 0 Å². The van der Waals surface area contributed by atoms with Crippen LogP contribution in [0.1, 0.15) is 55.4 Å². The van der Waals surface area contributed by atoms with E-state index in [9.17, 15) is 19.2 Å². The quantitative estimate of drug-likeness (QED) is 0.134. The van der Waals surface area contributed by atoms with Gasteiger partial charge in [-0.1, -0.05) is 0 Å². The van der Waals surface area contributed by atoms with E-state index in [1.807, 2.05) is 0 Å². The first-order chi connectivity index (χ1) is 19.0. The molecule has 0 spiro atoms. The maximum atomic E-state index is 11.9. The van der Waals surface area contributed by atoms with Crippen LogP contribution in [0.5, 0.6) is 0 Å². The van der Waals surface area contributed by atoms with E-state index in [2.05, 4.69) is 0 Å². The maximum absolute atomic E-state index is 11.9. The minimum absolute atomic E-state index is 0. The topological polar surface area (TPSA) is 192 Å². The summed E-state index contributed by atoms with van der Waals surface area (Å²) < 4.78 is 46.4. The van der Waals surface area contributed by atoms with Crippen molar-refractivity contribution in [2.24, 2.45) is 0 Å². The molecule has 0 aliphatic heterocycles. The molecule has 0 heterocycles. The second kappa shape index (κ2) is 24.7. The molecule has 0 aliphatic rings. The standard InChI is InChI=1S/C26H46O15.2Y/c1-17(38-23(31)36-15-19(3)40-25(5,6)21(29)34-11-9-27)13-33-14-18(2)39-24(32)37-16-20(4)41-26(7,8)22(30)35-12-10-28;;/h17-20,27-28H,9-16H2,1-8H3;;. The Morgan fingerprint density at radius 2 is 0.884 bits per heavy atom. The van der Waals surface area contributed by atoms with Crippen LogP contribution in [0.2, 0.25) is 0 Å². The summed E-state index contributed by atoms with van der Waals surface area (Å²) in [5.74, 6) is -1.33. The molecule has 2 radical (unpaired) electrons. The van der Waals surface area contributed by atoms with Gasteiger partial charge in [-0.25, -0.2) is 19.2 Å². The first-order valence-corrected chi connectivity index (χ1v) is 13.2. The molecule has 0 fully saturated rings. The number of ether oxygens (including phenoxy) is 9. The monoisotopic (exact) mass is 776 g/mol. The molecule has 0 aromatic heterocycles. The fourth-order valence-electron chi connectivity index (χ4n) is 3.03.